The summed E-state index contributed by atoms with van der Waals surface area (Å²) in [7, 11) is -3.48. The van der Waals surface area contributed by atoms with Crippen molar-refractivity contribution in [3.63, 3.8) is 0 Å². The molecule has 0 atom stereocenters. The van der Waals surface area contributed by atoms with Crippen LogP contribution in [-0.2, 0) is 10.0 Å². The van der Waals surface area contributed by atoms with Gasteiger partial charge in [-0.15, -0.1) is 11.8 Å². The Bertz CT molecular complexity index is 1040. The third-order valence-corrected chi connectivity index (χ3v) is 8.73. The maximum atomic E-state index is 12.8. The van der Waals surface area contributed by atoms with Crippen molar-refractivity contribution in [1.82, 2.24) is 14.2 Å². The van der Waals surface area contributed by atoms with Crippen LogP contribution in [0.3, 0.4) is 0 Å². The molecule has 4 rings (SSSR count). The van der Waals surface area contributed by atoms with Crippen LogP contribution in [-0.4, -0.2) is 59.8 Å². The fourth-order valence-electron chi connectivity index (χ4n) is 4.03. The summed E-state index contributed by atoms with van der Waals surface area (Å²) in [6.07, 6.45) is 6.93. The molecule has 0 unspecified atom stereocenters. The van der Waals surface area contributed by atoms with Gasteiger partial charge in [-0.2, -0.15) is 4.31 Å². The van der Waals surface area contributed by atoms with E-state index in [2.05, 4.69) is 4.98 Å². The number of imide groups is 1. The average Bonchev–Trinajstić information content (AvgIpc) is 3.00. The van der Waals surface area contributed by atoms with Gasteiger partial charge in [0, 0.05) is 25.8 Å². The summed E-state index contributed by atoms with van der Waals surface area (Å²) in [5.41, 5.74) is 0.956. The lowest BCUT2D eigenvalue weighted by Crippen LogP contribution is -2.32. The first-order chi connectivity index (χ1) is 15.5. The van der Waals surface area contributed by atoms with E-state index in [0.717, 1.165) is 42.9 Å². The predicted molar refractivity (Wildman–Crippen MR) is 123 cm³/mol. The summed E-state index contributed by atoms with van der Waals surface area (Å²) in [6, 6.07) is 10.3. The van der Waals surface area contributed by atoms with Crippen molar-refractivity contribution in [1.29, 1.82) is 0 Å². The van der Waals surface area contributed by atoms with Crippen LogP contribution in [0.5, 0.6) is 0 Å². The molecule has 0 aliphatic carbocycles. The third-order valence-electron chi connectivity index (χ3n) is 5.82. The highest BCUT2D eigenvalue weighted by molar-refractivity contribution is 7.99. The highest BCUT2D eigenvalue weighted by Gasteiger charge is 2.34. The van der Waals surface area contributed by atoms with Crippen molar-refractivity contribution >= 4 is 33.6 Å². The number of sulfonamides is 1. The molecule has 1 aromatic carbocycles. The molecular weight excluding hydrogens is 446 g/mol. The van der Waals surface area contributed by atoms with Gasteiger partial charge < -0.3 is 0 Å². The van der Waals surface area contributed by atoms with Crippen molar-refractivity contribution < 1.29 is 18.0 Å². The van der Waals surface area contributed by atoms with Gasteiger partial charge in [0.2, 0.25) is 10.0 Å². The van der Waals surface area contributed by atoms with Gasteiger partial charge in [-0.05, 0) is 55.7 Å². The summed E-state index contributed by atoms with van der Waals surface area (Å²) < 4.78 is 27.2. The standard InChI is InChI=1S/C23H27N3O4S2/c27-22-19-9-3-4-10-20(19)23(28)26(22)15-7-8-16-31-21-12-11-18(17-24-21)32(29,30)25-13-5-1-2-6-14-25/h3-4,9-12,17H,1-2,5-8,13-16H2. The van der Waals surface area contributed by atoms with Gasteiger partial charge in [-0.1, -0.05) is 25.0 Å². The van der Waals surface area contributed by atoms with Crippen LogP contribution < -0.4 is 0 Å². The summed E-state index contributed by atoms with van der Waals surface area (Å²) >= 11 is 1.54. The molecule has 1 aromatic heterocycles. The minimum absolute atomic E-state index is 0.221. The maximum Gasteiger partial charge on any atom is 0.261 e. The number of carbonyl (C=O) groups excluding carboxylic acids is 2. The number of unbranched alkanes of at least 4 members (excludes halogenated alkanes) is 1. The molecule has 170 valence electrons. The number of amides is 2. The lowest BCUT2D eigenvalue weighted by Gasteiger charge is -2.19. The first-order valence-electron chi connectivity index (χ1n) is 11.0. The lowest BCUT2D eigenvalue weighted by atomic mass is 10.1. The Hall–Kier alpha value is -2.23. The van der Waals surface area contributed by atoms with Gasteiger partial charge in [-0.25, -0.2) is 13.4 Å². The third kappa shape index (κ3) is 4.89. The topological polar surface area (TPSA) is 87.7 Å². The zero-order valence-corrected chi connectivity index (χ0v) is 19.5. The molecule has 2 aliphatic rings. The molecule has 2 amide bonds. The predicted octanol–water partition coefficient (Wildman–Crippen LogP) is 3.81. The number of pyridine rings is 1. The van der Waals surface area contributed by atoms with Gasteiger partial charge in [0.1, 0.15) is 4.90 Å². The molecule has 0 N–H and O–H groups in total. The number of rotatable bonds is 8. The first-order valence-corrected chi connectivity index (χ1v) is 13.5. The van der Waals surface area contributed by atoms with Gasteiger partial charge in [0.15, 0.2) is 0 Å². The number of benzene rings is 1. The number of aromatic nitrogens is 1. The van der Waals surface area contributed by atoms with E-state index in [9.17, 15) is 18.0 Å². The average molecular weight is 474 g/mol. The van der Waals surface area contributed by atoms with Crippen LogP contribution >= 0.6 is 11.8 Å². The van der Waals surface area contributed by atoms with Gasteiger partial charge in [-0.3, -0.25) is 14.5 Å². The molecule has 3 heterocycles. The molecule has 1 fully saturated rings. The molecule has 32 heavy (non-hydrogen) atoms. The quantitative estimate of drug-likeness (QED) is 0.329. The van der Waals surface area contributed by atoms with Crippen molar-refractivity contribution in [2.75, 3.05) is 25.4 Å². The number of thioether (sulfide) groups is 1. The number of hydrogen-bond acceptors (Lipinski definition) is 6. The van der Waals surface area contributed by atoms with E-state index in [0.29, 0.717) is 37.2 Å². The summed E-state index contributed by atoms with van der Waals surface area (Å²) in [4.78, 5) is 30.6. The number of nitrogens with zero attached hydrogens (tertiary/aromatic N) is 3. The van der Waals surface area contributed by atoms with Crippen LogP contribution in [0.1, 0.15) is 59.2 Å². The molecule has 2 aliphatic heterocycles. The molecule has 2 aromatic rings. The van der Waals surface area contributed by atoms with Crippen molar-refractivity contribution in [2.24, 2.45) is 0 Å². The molecule has 0 saturated carbocycles. The normalized spacial score (nSPS) is 17.4. The zero-order chi connectivity index (χ0) is 22.6. The minimum atomic E-state index is -3.48. The fraction of sp³-hybridized carbons (Fsp3) is 0.435. The van der Waals surface area contributed by atoms with Crippen LogP contribution in [0, 0.1) is 0 Å². The van der Waals surface area contributed by atoms with E-state index in [4.69, 9.17) is 0 Å². The molecule has 9 heteroatoms. The summed E-state index contributed by atoms with van der Waals surface area (Å²) in [6.45, 7) is 1.55. The second kappa shape index (κ2) is 10.1. The number of fused-ring (bicyclic) bond motifs is 1. The first kappa shape index (κ1) is 22.9. The second-order valence-corrected chi connectivity index (χ2v) is 11.1. The van der Waals surface area contributed by atoms with Gasteiger partial charge in [0.05, 0.1) is 16.2 Å². The molecule has 0 bridgehead atoms. The van der Waals surface area contributed by atoms with Gasteiger partial charge >= 0.3 is 0 Å². The van der Waals surface area contributed by atoms with Crippen molar-refractivity contribution in [3.05, 3.63) is 53.7 Å². The molecule has 7 nitrogen and oxygen atoms in total. The van der Waals surface area contributed by atoms with Crippen molar-refractivity contribution in [3.8, 4) is 0 Å². The van der Waals surface area contributed by atoms with Crippen LogP contribution in [0.2, 0.25) is 0 Å². The Kier molecular flexibility index (Phi) is 7.27. The lowest BCUT2D eigenvalue weighted by molar-refractivity contribution is 0.0652. The van der Waals surface area contributed by atoms with Crippen LogP contribution in [0.25, 0.3) is 0 Å². The Labute approximate surface area is 193 Å². The second-order valence-electron chi connectivity index (χ2n) is 8.01. The molecule has 0 spiro atoms. The smallest absolute Gasteiger partial charge is 0.261 e. The monoisotopic (exact) mass is 473 g/mol. The highest BCUT2D eigenvalue weighted by atomic mass is 32.2. The number of hydrogen-bond donors (Lipinski definition) is 0. The van der Waals surface area contributed by atoms with E-state index in [1.54, 1.807) is 52.5 Å². The summed E-state index contributed by atoms with van der Waals surface area (Å²) in [5, 5.41) is 0.764. The Morgan fingerprint density at radius 2 is 1.53 bits per heavy atom. The van der Waals surface area contributed by atoms with E-state index < -0.39 is 10.0 Å². The van der Waals surface area contributed by atoms with Crippen molar-refractivity contribution in [2.45, 2.75) is 48.4 Å². The van der Waals surface area contributed by atoms with E-state index in [1.165, 1.54) is 11.1 Å². The number of carbonyl (C=O) groups is 2. The van der Waals surface area contributed by atoms with Crippen LogP contribution in [0.4, 0.5) is 0 Å². The Morgan fingerprint density at radius 3 is 2.12 bits per heavy atom. The SMILES string of the molecule is O=C1c2ccccc2C(=O)N1CCCCSc1ccc(S(=O)(=O)N2CCCCCC2)cn1. The van der Waals surface area contributed by atoms with Gasteiger partial charge in [0.25, 0.3) is 11.8 Å². The largest absolute Gasteiger partial charge is 0.274 e. The molecule has 0 radical (unpaired) electrons. The fourth-order valence-corrected chi connectivity index (χ4v) is 6.34. The zero-order valence-electron chi connectivity index (χ0n) is 17.9. The van der Waals surface area contributed by atoms with E-state index in [-0.39, 0.29) is 16.7 Å². The van der Waals surface area contributed by atoms with E-state index in [1.807, 2.05) is 0 Å². The highest BCUT2D eigenvalue weighted by Crippen LogP contribution is 2.25. The minimum Gasteiger partial charge on any atom is -0.274 e. The molecular formula is C23H27N3O4S2. The Balaban J connectivity index is 1.24. The molecule has 1 saturated heterocycles. The summed E-state index contributed by atoms with van der Waals surface area (Å²) in [5.74, 6) is 0.330. The Morgan fingerprint density at radius 1 is 0.875 bits per heavy atom. The van der Waals surface area contributed by atoms with E-state index >= 15 is 0 Å². The maximum absolute atomic E-state index is 12.8. The van der Waals surface area contributed by atoms with Crippen LogP contribution in [0.15, 0.2) is 52.5 Å².